The van der Waals surface area contributed by atoms with Crippen LogP contribution in [0.1, 0.15) is 16.1 Å². The Morgan fingerprint density at radius 3 is 2.80 bits per heavy atom. The SMILES string of the molecule is CN/C=C(\C=N)c1cnc2cnn(S(=O)(=O)c3cnc4ccc(OC(=O)c5ccco5)cn34)c2c1. The Hall–Kier alpha value is -4.78. The quantitative estimate of drug-likeness (QED) is 0.257. The van der Waals surface area contributed by atoms with Gasteiger partial charge in [-0.1, -0.05) is 0 Å². The van der Waals surface area contributed by atoms with Gasteiger partial charge in [0.15, 0.2) is 5.03 Å². The summed E-state index contributed by atoms with van der Waals surface area (Å²) < 4.78 is 39.7. The zero-order valence-corrected chi connectivity index (χ0v) is 18.9. The van der Waals surface area contributed by atoms with E-state index < -0.39 is 16.0 Å². The van der Waals surface area contributed by atoms with Crippen LogP contribution in [-0.2, 0) is 10.0 Å². The summed E-state index contributed by atoms with van der Waals surface area (Å²) >= 11 is 0. The normalized spacial score (nSPS) is 12.2. The number of furan rings is 1. The molecule has 12 nitrogen and oxygen atoms in total. The summed E-state index contributed by atoms with van der Waals surface area (Å²) in [6, 6.07) is 7.60. The van der Waals surface area contributed by atoms with E-state index in [-0.39, 0.29) is 22.1 Å². The van der Waals surface area contributed by atoms with Gasteiger partial charge in [-0.25, -0.2) is 9.78 Å². The Morgan fingerprint density at radius 1 is 1.20 bits per heavy atom. The molecule has 5 rings (SSSR count). The monoisotopic (exact) mass is 491 g/mol. The molecule has 2 N–H and O–H groups in total. The fraction of sp³-hybridized carbons (Fsp3) is 0.0455. The minimum absolute atomic E-state index is 0.00602. The number of nitrogens with zero attached hydrogens (tertiary/aromatic N) is 5. The van der Waals surface area contributed by atoms with E-state index in [1.165, 1.54) is 53.7 Å². The van der Waals surface area contributed by atoms with E-state index in [0.29, 0.717) is 22.3 Å². The second kappa shape index (κ2) is 8.53. The van der Waals surface area contributed by atoms with E-state index in [9.17, 15) is 13.2 Å². The third kappa shape index (κ3) is 3.83. The molecule has 176 valence electrons. The lowest BCUT2D eigenvalue weighted by molar-refractivity contribution is 0.0700. The van der Waals surface area contributed by atoms with E-state index >= 15 is 0 Å². The zero-order valence-electron chi connectivity index (χ0n) is 18.1. The number of nitrogens with one attached hydrogen (secondary N) is 2. The van der Waals surface area contributed by atoms with Crippen LogP contribution < -0.4 is 10.1 Å². The second-order valence-corrected chi connectivity index (χ2v) is 8.92. The highest BCUT2D eigenvalue weighted by Gasteiger charge is 2.26. The molecule has 0 amide bonds. The predicted octanol–water partition coefficient (Wildman–Crippen LogP) is 2.34. The molecule has 0 saturated carbocycles. The highest BCUT2D eigenvalue weighted by atomic mass is 32.2. The van der Waals surface area contributed by atoms with E-state index in [2.05, 4.69) is 20.4 Å². The summed E-state index contributed by atoms with van der Waals surface area (Å²) in [4.78, 5) is 20.6. The van der Waals surface area contributed by atoms with Crippen molar-refractivity contribution in [3.63, 3.8) is 0 Å². The van der Waals surface area contributed by atoms with E-state index in [0.717, 1.165) is 10.3 Å². The van der Waals surface area contributed by atoms with Crippen LogP contribution in [-0.4, -0.2) is 51.2 Å². The van der Waals surface area contributed by atoms with Crippen LogP contribution in [0.5, 0.6) is 5.75 Å². The van der Waals surface area contributed by atoms with Gasteiger partial charge in [-0.15, -0.1) is 0 Å². The Kier molecular flexibility index (Phi) is 5.37. The first-order chi connectivity index (χ1) is 16.9. The number of aromatic nitrogens is 5. The Balaban J connectivity index is 1.58. The molecular weight excluding hydrogens is 474 g/mol. The standard InChI is InChI=1S/C22H17N7O5S/c1-24-9-15(8-23)14-7-18-17(25-10-14)11-27-29(18)35(31,32)21-12-26-20-5-4-16(13-28(20)21)34-22(30)19-3-2-6-33-19/h2-13,23-24H,1H3/b15-9+,23-8?. The number of allylic oxidation sites excluding steroid dienone is 1. The lowest BCUT2D eigenvalue weighted by atomic mass is 10.1. The minimum Gasteiger partial charge on any atom is -0.457 e. The molecule has 35 heavy (non-hydrogen) atoms. The van der Waals surface area contributed by atoms with Gasteiger partial charge in [-0.3, -0.25) is 9.38 Å². The number of hydrogen-bond acceptors (Lipinski definition) is 10. The van der Waals surface area contributed by atoms with Crippen molar-refractivity contribution in [1.82, 2.24) is 28.9 Å². The third-order valence-electron chi connectivity index (χ3n) is 5.05. The fourth-order valence-electron chi connectivity index (χ4n) is 3.43. The van der Waals surface area contributed by atoms with Crippen LogP contribution in [0.4, 0.5) is 0 Å². The van der Waals surface area contributed by atoms with Gasteiger partial charge in [0.2, 0.25) is 5.76 Å². The predicted molar refractivity (Wildman–Crippen MR) is 125 cm³/mol. The van der Waals surface area contributed by atoms with Gasteiger partial charge in [0.1, 0.15) is 22.4 Å². The van der Waals surface area contributed by atoms with E-state index in [4.69, 9.17) is 14.6 Å². The van der Waals surface area contributed by atoms with Gasteiger partial charge >= 0.3 is 16.0 Å². The maximum atomic E-state index is 13.6. The molecular formula is C22H17N7O5S. The van der Waals surface area contributed by atoms with Gasteiger partial charge in [-0.05, 0) is 30.3 Å². The zero-order chi connectivity index (χ0) is 24.6. The number of hydrogen-bond donors (Lipinski definition) is 2. The molecule has 5 aromatic heterocycles. The van der Waals surface area contributed by atoms with Crippen molar-refractivity contribution in [1.29, 1.82) is 5.41 Å². The summed E-state index contributed by atoms with van der Waals surface area (Å²) in [5.74, 6) is -0.630. The average Bonchev–Trinajstić information content (AvgIpc) is 3.61. The molecule has 0 bridgehead atoms. The molecule has 0 atom stereocenters. The van der Waals surface area contributed by atoms with E-state index in [1.54, 1.807) is 25.4 Å². The number of pyridine rings is 2. The Labute approximate surface area is 198 Å². The first-order valence-electron chi connectivity index (χ1n) is 10.1. The number of ether oxygens (including phenoxy) is 1. The summed E-state index contributed by atoms with van der Waals surface area (Å²) in [5.41, 5.74) is 1.93. The van der Waals surface area contributed by atoms with Crippen molar-refractivity contribution < 1.29 is 22.4 Å². The highest BCUT2D eigenvalue weighted by molar-refractivity contribution is 7.90. The summed E-state index contributed by atoms with van der Waals surface area (Å²) in [7, 11) is -2.55. The molecule has 0 aliphatic carbocycles. The van der Waals surface area contributed by atoms with Gasteiger partial charge in [0.25, 0.3) is 0 Å². The van der Waals surface area contributed by atoms with Gasteiger partial charge in [-0.2, -0.15) is 17.6 Å². The maximum absolute atomic E-state index is 13.6. The van der Waals surface area contributed by atoms with Crippen LogP contribution in [0, 0.1) is 5.41 Å². The minimum atomic E-state index is -4.24. The summed E-state index contributed by atoms with van der Waals surface area (Å²) in [5, 5.41) is 14.3. The molecule has 0 aromatic carbocycles. The fourth-order valence-corrected chi connectivity index (χ4v) is 4.76. The molecule has 0 radical (unpaired) electrons. The maximum Gasteiger partial charge on any atom is 0.379 e. The van der Waals surface area contributed by atoms with Crippen LogP contribution in [0.2, 0.25) is 0 Å². The number of carbonyl (C=O) groups excluding carboxylic acids is 1. The van der Waals surface area contributed by atoms with Crippen molar-refractivity contribution in [2.75, 3.05) is 7.05 Å². The number of fused-ring (bicyclic) bond motifs is 2. The number of imidazole rings is 1. The molecule has 5 heterocycles. The van der Waals surface area contributed by atoms with Gasteiger partial charge in [0.05, 0.1) is 24.9 Å². The first-order valence-corrected chi connectivity index (χ1v) is 11.6. The molecule has 0 spiro atoms. The lowest BCUT2D eigenvalue weighted by Crippen LogP contribution is -2.16. The molecule has 0 saturated heterocycles. The van der Waals surface area contributed by atoms with E-state index in [1.807, 2.05) is 0 Å². The van der Waals surface area contributed by atoms with Crippen molar-refractivity contribution in [3.05, 3.63) is 78.9 Å². The van der Waals surface area contributed by atoms with Crippen molar-refractivity contribution in [3.8, 4) is 5.75 Å². The molecule has 0 fully saturated rings. The Bertz CT molecular complexity index is 1720. The third-order valence-corrected chi connectivity index (χ3v) is 6.62. The van der Waals surface area contributed by atoms with Crippen molar-refractivity contribution >= 4 is 44.5 Å². The molecule has 0 unspecified atom stereocenters. The topological polar surface area (TPSA) is 157 Å². The van der Waals surface area contributed by atoms with Crippen LogP contribution >= 0.6 is 0 Å². The van der Waals surface area contributed by atoms with Crippen LogP contribution in [0.25, 0.3) is 22.3 Å². The average molecular weight is 491 g/mol. The molecule has 0 aliphatic rings. The smallest absolute Gasteiger partial charge is 0.379 e. The van der Waals surface area contributed by atoms with Gasteiger partial charge < -0.3 is 19.9 Å². The Morgan fingerprint density at radius 2 is 2.06 bits per heavy atom. The second-order valence-electron chi connectivity index (χ2n) is 7.21. The van der Waals surface area contributed by atoms with Crippen molar-refractivity contribution in [2.24, 2.45) is 0 Å². The van der Waals surface area contributed by atoms with Crippen molar-refractivity contribution in [2.45, 2.75) is 5.03 Å². The van der Waals surface area contributed by atoms with Crippen LogP contribution in [0.3, 0.4) is 0 Å². The number of esters is 1. The lowest BCUT2D eigenvalue weighted by Gasteiger charge is -2.08. The number of carbonyl (C=O) groups is 1. The highest BCUT2D eigenvalue weighted by Crippen LogP contribution is 2.24. The molecule has 0 aliphatic heterocycles. The molecule has 13 heteroatoms. The summed E-state index contributed by atoms with van der Waals surface area (Å²) in [6.45, 7) is 0. The first kappa shape index (κ1) is 22.0. The van der Waals surface area contributed by atoms with Gasteiger partial charge in [0, 0.05) is 36.8 Å². The van der Waals surface area contributed by atoms with Crippen LogP contribution in [0.15, 0.2) is 77.0 Å². The molecule has 5 aromatic rings. The number of rotatable bonds is 7. The largest absolute Gasteiger partial charge is 0.457 e. The summed E-state index contributed by atoms with van der Waals surface area (Å²) in [6.07, 6.45) is 9.47.